The molecule has 55 heavy (non-hydrogen) atoms. The Balaban J connectivity index is 2.11. The third-order valence-corrected chi connectivity index (χ3v) is 9.67. The number of nitrogens with zero attached hydrogens (tertiary/aromatic N) is 1. The summed E-state index contributed by atoms with van der Waals surface area (Å²) in [6.45, 7) is 10.8. The number of nitrogens with one attached hydrogen (secondary N) is 6. The molecule has 9 N–H and O–H groups in total. The lowest BCUT2D eigenvalue weighted by molar-refractivity contribution is -0.142. The number of fused-ring (bicyclic) bond motifs is 1. The predicted molar refractivity (Wildman–Crippen MR) is 201 cm³/mol. The molecule has 17 heteroatoms. The van der Waals surface area contributed by atoms with Crippen molar-refractivity contribution in [2.24, 2.45) is 11.8 Å². The maximum absolute atomic E-state index is 14.1. The lowest BCUT2D eigenvalue weighted by atomic mass is 9.97. The molecule has 306 valence electrons. The Hall–Kier alpha value is -4.61. The molecule has 6 amide bonds. The Morgan fingerprint density at radius 3 is 2.11 bits per heavy atom. The minimum Gasteiger partial charge on any atom is -0.481 e. The molecule has 9 atom stereocenters. The number of hydrogen-bond acceptors (Lipinski definition) is 10. The third-order valence-electron chi connectivity index (χ3n) is 9.67. The van der Waals surface area contributed by atoms with Gasteiger partial charge >= 0.3 is 5.97 Å². The van der Waals surface area contributed by atoms with Crippen LogP contribution in [0.25, 0.3) is 0 Å². The van der Waals surface area contributed by atoms with Gasteiger partial charge in [-0.25, -0.2) is 0 Å². The number of rotatable bonds is 10. The smallest absolute Gasteiger partial charge is 0.305 e. The van der Waals surface area contributed by atoms with E-state index in [2.05, 4.69) is 31.9 Å². The van der Waals surface area contributed by atoms with Gasteiger partial charge in [0, 0.05) is 6.54 Å². The van der Waals surface area contributed by atoms with E-state index in [1.165, 1.54) is 6.92 Å². The highest BCUT2D eigenvalue weighted by Gasteiger charge is 2.43. The molecule has 3 rings (SSSR count). The number of aliphatic hydroxyl groups is 2. The van der Waals surface area contributed by atoms with Crippen molar-refractivity contribution in [3.8, 4) is 0 Å². The average molecular weight is 774 g/mol. The summed E-state index contributed by atoms with van der Waals surface area (Å²) < 4.78 is 0. The molecule has 2 saturated heterocycles. The first-order chi connectivity index (χ1) is 25.9. The fraction of sp³-hybridized carbons (Fsp3) is 0.658. The molecular formula is C38H59N7O10. The first kappa shape index (κ1) is 44.8. The summed E-state index contributed by atoms with van der Waals surface area (Å²) in [4.78, 5) is 95.8. The molecule has 2 heterocycles. The van der Waals surface area contributed by atoms with Gasteiger partial charge in [0.1, 0.15) is 24.2 Å². The summed E-state index contributed by atoms with van der Waals surface area (Å²) in [6.07, 6.45) is -3.26. The van der Waals surface area contributed by atoms with E-state index >= 15 is 0 Å². The highest BCUT2D eigenvalue weighted by molar-refractivity contribution is 5.96. The molecule has 0 aromatic heterocycles. The highest BCUT2D eigenvalue weighted by Crippen LogP contribution is 2.24. The SMILES string of the molecule is CC(C)CNC(=O)[C@@H]1[C@H](C)NC(=O)[C@H]([C@@H](C)O)NC(=O)[C@H](CC(=O)O)NC(=O)[C@H](CC(C)C)NC(=O)C[C@H](O)[C@H](Cc2ccccc2)NC(=O)[C@@H]2CCCN12. The van der Waals surface area contributed by atoms with Crippen LogP contribution in [0, 0.1) is 11.8 Å². The second-order valence-electron chi connectivity index (χ2n) is 15.5. The molecule has 1 aromatic carbocycles. The summed E-state index contributed by atoms with van der Waals surface area (Å²) in [6, 6.07) is 0.478. The summed E-state index contributed by atoms with van der Waals surface area (Å²) in [5.74, 6) is -6.11. The third kappa shape index (κ3) is 13.6. The maximum atomic E-state index is 14.1. The van der Waals surface area contributed by atoms with Crippen molar-refractivity contribution in [2.75, 3.05) is 13.1 Å². The number of aliphatic carboxylic acids is 1. The fourth-order valence-corrected chi connectivity index (χ4v) is 6.90. The molecule has 0 spiro atoms. The lowest BCUT2D eigenvalue weighted by Crippen LogP contribution is -2.64. The molecule has 17 nitrogen and oxygen atoms in total. The van der Waals surface area contributed by atoms with Crippen LogP contribution in [0.3, 0.4) is 0 Å². The number of benzene rings is 1. The first-order valence-corrected chi connectivity index (χ1v) is 19.0. The van der Waals surface area contributed by atoms with Gasteiger partial charge in [-0.05, 0) is 63.5 Å². The topological polar surface area (TPSA) is 256 Å². The van der Waals surface area contributed by atoms with Crippen LogP contribution in [0.1, 0.15) is 79.2 Å². The summed E-state index contributed by atoms with van der Waals surface area (Å²) in [7, 11) is 0. The van der Waals surface area contributed by atoms with E-state index in [9.17, 15) is 48.9 Å². The van der Waals surface area contributed by atoms with Crippen molar-refractivity contribution in [2.45, 2.75) is 135 Å². The van der Waals surface area contributed by atoms with Gasteiger partial charge in [0.25, 0.3) is 0 Å². The van der Waals surface area contributed by atoms with Crippen molar-refractivity contribution in [3.05, 3.63) is 35.9 Å². The lowest BCUT2D eigenvalue weighted by Gasteiger charge is -2.37. The molecule has 2 aliphatic rings. The Morgan fingerprint density at radius 2 is 1.51 bits per heavy atom. The largest absolute Gasteiger partial charge is 0.481 e. The summed E-state index contributed by atoms with van der Waals surface area (Å²) in [5.41, 5.74) is 0.764. The first-order valence-electron chi connectivity index (χ1n) is 19.0. The van der Waals surface area contributed by atoms with Gasteiger partial charge < -0.3 is 47.2 Å². The second-order valence-corrected chi connectivity index (χ2v) is 15.5. The van der Waals surface area contributed by atoms with Gasteiger partial charge in [0.05, 0.1) is 43.2 Å². The minimum atomic E-state index is -1.72. The number of amides is 6. The van der Waals surface area contributed by atoms with Gasteiger partial charge in [-0.2, -0.15) is 0 Å². The molecule has 0 unspecified atom stereocenters. The van der Waals surface area contributed by atoms with Crippen LogP contribution in [0.15, 0.2) is 30.3 Å². The number of carboxylic acid groups (broad SMARTS) is 1. The molecule has 1 aromatic rings. The van der Waals surface area contributed by atoms with Crippen molar-refractivity contribution in [3.63, 3.8) is 0 Å². The molecule has 0 bridgehead atoms. The molecular weight excluding hydrogens is 714 g/mol. The second kappa shape index (κ2) is 20.9. The van der Waals surface area contributed by atoms with E-state index in [0.717, 1.165) is 5.56 Å². The summed E-state index contributed by atoms with van der Waals surface area (Å²) >= 11 is 0. The van der Waals surface area contributed by atoms with E-state index < -0.39 is 109 Å². The van der Waals surface area contributed by atoms with Crippen molar-refractivity contribution in [1.29, 1.82) is 0 Å². The number of carboxylic acids is 1. The Labute approximate surface area is 322 Å². The number of carbonyl (C=O) groups excluding carboxylic acids is 6. The van der Waals surface area contributed by atoms with Crippen molar-refractivity contribution >= 4 is 41.4 Å². The average Bonchev–Trinajstić information content (AvgIpc) is 3.57. The minimum absolute atomic E-state index is 0.0752. The Morgan fingerprint density at radius 1 is 0.855 bits per heavy atom. The van der Waals surface area contributed by atoms with Crippen molar-refractivity contribution < 1.29 is 48.9 Å². The van der Waals surface area contributed by atoms with Crippen LogP contribution in [-0.4, -0.2) is 129 Å². The van der Waals surface area contributed by atoms with Gasteiger partial charge in [-0.1, -0.05) is 58.0 Å². The summed E-state index contributed by atoms with van der Waals surface area (Å²) in [5, 5.41) is 47.5. The van der Waals surface area contributed by atoms with Crippen molar-refractivity contribution in [1.82, 2.24) is 36.8 Å². The molecule has 0 aliphatic carbocycles. The van der Waals surface area contributed by atoms with Gasteiger partial charge in [-0.15, -0.1) is 0 Å². The van der Waals surface area contributed by atoms with Crippen LogP contribution < -0.4 is 31.9 Å². The Bertz CT molecular complexity index is 1510. The molecule has 2 aliphatic heterocycles. The zero-order valence-corrected chi connectivity index (χ0v) is 32.5. The highest BCUT2D eigenvalue weighted by atomic mass is 16.4. The maximum Gasteiger partial charge on any atom is 0.305 e. The van der Waals surface area contributed by atoms with Crippen LogP contribution >= 0.6 is 0 Å². The molecule has 2 fully saturated rings. The Kier molecular flexibility index (Phi) is 17.0. The number of aliphatic hydroxyl groups excluding tert-OH is 2. The van der Waals surface area contributed by atoms with Crippen LogP contribution in [-0.2, 0) is 40.0 Å². The zero-order chi connectivity index (χ0) is 41.0. The monoisotopic (exact) mass is 773 g/mol. The van der Waals surface area contributed by atoms with Gasteiger partial charge in [0.2, 0.25) is 35.4 Å². The van der Waals surface area contributed by atoms with Gasteiger partial charge in [-0.3, -0.25) is 38.5 Å². The molecule has 0 radical (unpaired) electrons. The zero-order valence-electron chi connectivity index (χ0n) is 32.5. The van der Waals surface area contributed by atoms with Crippen LogP contribution in [0.2, 0.25) is 0 Å². The van der Waals surface area contributed by atoms with E-state index in [1.54, 1.807) is 37.8 Å². The number of carbonyl (C=O) groups is 7. The van der Waals surface area contributed by atoms with E-state index in [4.69, 9.17) is 0 Å². The number of hydrogen-bond donors (Lipinski definition) is 9. The predicted octanol–water partition coefficient (Wildman–Crippen LogP) is -1.06. The molecule has 0 saturated carbocycles. The van der Waals surface area contributed by atoms with E-state index in [-0.39, 0.29) is 24.7 Å². The fourth-order valence-electron chi connectivity index (χ4n) is 6.90. The normalized spacial score (nSPS) is 28.6. The van der Waals surface area contributed by atoms with Crippen LogP contribution in [0.4, 0.5) is 0 Å². The standard InChI is InChI=1S/C38H59N7O10/c1-20(2)15-26-34(51)43-27(17-31(49)50)35(52)44-32(23(6)46)37(54)40-22(5)33(38(55)39-19-21(3)4)45-14-10-13-28(45)36(53)42-25(29(47)18-30(48)41-26)16-24-11-8-7-9-12-24/h7-9,11-12,20-23,25-29,32-33,46-47H,10,13-19H2,1-6H3,(H,39,55)(H,40,54)(H,41,48)(H,42,53)(H,43,51)(H,44,52)(H,49,50)/t22-,23+,25-,26-,27-,28-,29-,32-,33-/m0/s1. The van der Waals surface area contributed by atoms with E-state index in [1.807, 2.05) is 32.0 Å². The van der Waals surface area contributed by atoms with Crippen LogP contribution in [0.5, 0.6) is 0 Å². The quantitative estimate of drug-likeness (QED) is 0.139. The van der Waals surface area contributed by atoms with E-state index in [0.29, 0.717) is 25.9 Å². The van der Waals surface area contributed by atoms with Gasteiger partial charge in [0.15, 0.2) is 0 Å².